The molecule has 0 unspecified atom stereocenters. The maximum absolute atomic E-state index is 12.7. The Morgan fingerprint density at radius 3 is 2.09 bits per heavy atom. The van der Waals surface area contributed by atoms with Crippen molar-refractivity contribution in [3.8, 4) is 0 Å². The zero-order valence-electron chi connectivity index (χ0n) is 17.4. The van der Waals surface area contributed by atoms with E-state index in [1.165, 1.54) is 48.5 Å². The summed E-state index contributed by atoms with van der Waals surface area (Å²) in [5, 5.41) is 3.11. The molecule has 0 aromatic heterocycles. The van der Waals surface area contributed by atoms with Crippen molar-refractivity contribution >= 4 is 66.2 Å². The van der Waals surface area contributed by atoms with Gasteiger partial charge in [-0.05, 0) is 67.1 Å². The minimum atomic E-state index is -3.89. The van der Waals surface area contributed by atoms with Gasteiger partial charge in [0.1, 0.15) is 0 Å². The fourth-order valence-corrected chi connectivity index (χ4v) is 4.85. The minimum absolute atomic E-state index is 0.0164. The van der Waals surface area contributed by atoms with Crippen molar-refractivity contribution in [1.29, 1.82) is 0 Å². The highest BCUT2D eigenvalue weighted by molar-refractivity contribution is 7.92. The topological polar surface area (TPSA) is 121 Å². The largest absolute Gasteiger partial charge is 0.322 e. The highest BCUT2D eigenvalue weighted by Gasteiger charge is 2.17. The second-order valence-electron chi connectivity index (χ2n) is 7.11. The number of sulfonamides is 2. The van der Waals surface area contributed by atoms with Crippen LogP contribution in [0.2, 0.25) is 10.0 Å². The Morgan fingerprint density at radius 2 is 1.45 bits per heavy atom. The lowest BCUT2D eigenvalue weighted by Crippen LogP contribution is -2.15. The smallest absolute Gasteiger partial charge is 0.261 e. The molecule has 0 spiro atoms. The Kier molecular flexibility index (Phi) is 7.23. The molecule has 33 heavy (non-hydrogen) atoms. The van der Waals surface area contributed by atoms with Gasteiger partial charge in [-0.3, -0.25) is 14.2 Å². The van der Waals surface area contributed by atoms with Crippen LogP contribution >= 0.6 is 23.2 Å². The SMILES string of the molecule is Cc1ccc(Cl)cc1NS(=O)(=O)c1ccc(NC(=O)c2cc(NS(C)(=O)=O)ccc2Cl)cc1. The zero-order valence-corrected chi connectivity index (χ0v) is 20.5. The molecule has 3 N–H and O–H groups in total. The van der Waals surface area contributed by atoms with Gasteiger partial charge in [0.15, 0.2) is 0 Å². The van der Waals surface area contributed by atoms with E-state index >= 15 is 0 Å². The maximum atomic E-state index is 12.7. The van der Waals surface area contributed by atoms with Gasteiger partial charge in [-0.15, -0.1) is 0 Å². The number of carbonyl (C=O) groups is 1. The average Bonchev–Trinajstić information content (AvgIpc) is 2.71. The number of hydrogen-bond donors (Lipinski definition) is 3. The summed E-state index contributed by atoms with van der Waals surface area (Å²) in [7, 11) is -7.42. The van der Waals surface area contributed by atoms with Gasteiger partial charge in [-0.1, -0.05) is 29.3 Å². The van der Waals surface area contributed by atoms with Crippen molar-refractivity contribution < 1.29 is 21.6 Å². The van der Waals surface area contributed by atoms with Crippen LogP contribution in [0.15, 0.2) is 65.6 Å². The molecule has 0 saturated carbocycles. The van der Waals surface area contributed by atoms with Crippen LogP contribution in [-0.2, 0) is 20.0 Å². The first-order valence-corrected chi connectivity index (χ1v) is 13.4. The number of carbonyl (C=O) groups excluding carboxylic acids is 1. The van der Waals surface area contributed by atoms with E-state index in [2.05, 4.69) is 14.8 Å². The van der Waals surface area contributed by atoms with Gasteiger partial charge in [0.25, 0.3) is 15.9 Å². The minimum Gasteiger partial charge on any atom is -0.322 e. The number of aryl methyl sites for hydroxylation is 1. The fourth-order valence-electron chi connectivity index (χ4n) is 2.80. The molecule has 0 aliphatic rings. The molecule has 3 aromatic rings. The van der Waals surface area contributed by atoms with Crippen LogP contribution in [0.4, 0.5) is 17.1 Å². The number of anilines is 3. The van der Waals surface area contributed by atoms with E-state index in [9.17, 15) is 21.6 Å². The molecule has 174 valence electrons. The van der Waals surface area contributed by atoms with Gasteiger partial charge < -0.3 is 5.32 Å². The van der Waals surface area contributed by atoms with Crippen LogP contribution in [0.1, 0.15) is 15.9 Å². The summed E-state index contributed by atoms with van der Waals surface area (Å²) in [6.45, 7) is 1.75. The molecular weight excluding hydrogens is 509 g/mol. The predicted molar refractivity (Wildman–Crippen MR) is 131 cm³/mol. The van der Waals surface area contributed by atoms with Crippen molar-refractivity contribution in [2.75, 3.05) is 21.0 Å². The van der Waals surface area contributed by atoms with E-state index in [1.54, 1.807) is 19.1 Å². The van der Waals surface area contributed by atoms with Gasteiger partial charge in [0, 0.05) is 16.4 Å². The van der Waals surface area contributed by atoms with Crippen LogP contribution in [0.3, 0.4) is 0 Å². The number of hydrogen-bond acceptors (Lipinski definition) is 5. The predicted octanol–water partition coefficient (Wildman–Crippen LogP) is 4.73. The van der Waals surface area contributed by atoms with Crippen molar-refractivity contribution in [2.45, 2.75) is 11.8 Å². The summed E-state index contributed by atoms with van der Waals surface area (Å²) < 4.78 is 53.0. The monoisotopic (exact) mass is 527 g/mol. The van der Waals surface area contributed by atoms with Gasteiger partial charge in [0.05, 0.1) is 27.4 Å². The van der Waals surface area contributed by atoms with Gasteiger partial charge in [0.2, 0.25) is 10.0 Å². The number of halogens is 2. The third-order valence-electron chi connectivity index (χ3n) is 4.38. The average molecular weight is 528 g/mol. The van der Waals surface area contributed by atoms with E-state index < -0.39 is 26.0 Å². The van der Waals surface area contributed by atoms with E-state index in [0.717, 1.165) is 6.26 Å². The van der Waals surface area contributed by atoms with Crippen LogP contribution < -0.4 is 14.8 Å². The second kappa shape index (κ2) is 9.60. The van der Waals surface area contributed by atoms with Crippen molar-refractivity contribution in [2.24, 2.45) is 0 Å². The summed E-state index contributed by atoms with van der Waals surface area (Å²) in [6, 6.07) is 14.5. The van der Waals surface area contributed by atoms with Crippen LogP contribution in [0.5, 0.6) is 0 Å². The first-order chi connectivity index (χ1) is 15.3. The van der Waals surface area contributed by atoms with Crippen LogP contribution in [-0.4, -0.2) is 29.0 Å². The second-order valence-corrected chi connectivity index (χ2v) is 11.4. The third kappa shape index (κ3) is 6.61. The van der Waals surface area contributed by atoms with Crippen LogP contribution in [0, 0.1) is 6.92 Å². The molecule has 0 radical (unpaired) electrons. The van der Waals surface area contributed by atoms with Crippen molar-refractivity contribution in [3.63, 3.8) is 0 Å². The van der Waals surface area contributed by atoms with E-state index in [-0.39, 0.29) is 21.2 Å². The number of benzene rings is 3. The molecule has 3 aromatic carbocycles. The highest BCUT2D eigenvalue weighted by Crippen LogP contribution is 2.25. The lowest BCUT2D eigenvalue weighted by atomic mass is 10.2. The summed E-state index contributed by atoms with van der Waals surface area (Å²) in [4.78, 5) is 12.6. The van der Waals surface area contributed by atoms with Crippen molar-refractivity contribution in [1.82, 2.24) is 0 Å². The summed E-state index contributed by atoms with van der Waals surface area (Å²) in [6.07, 6.45) is 0.986. The molecule has 0 atom stereocenters. The molecule has 0 aliphatic carbocycles. The van der Waals surface area contributed by atoms with E-state index in [0.29, 0.717) is 22.0 Å². The number of rotatable bonds is 7. The van der Waals surface area contributed by atoms with E-state index in [1.807, 2.05) is 0 Å². The Hall–Kier alpha value is -2.79. The summed E-state index contributed by atoms with van der Waals surface area (Å²) >= 11 is 12.0. The fraction of sp³-hybridized carbons (Fsp3) is 0.0952. The summed E-state index contributed by atoms with van der Waals surface area (Å²) in [5.74, 6) is -0.597. The standard InChI is InChI=1S/C21H19Cl2N3O5S2/c1-13-3-4-14(22)11-20(13)26-33(30,31)17-8-5-15(6-9-17)24-21(27)18-12-16(7-10-19(18)23)25-32(2,28)29/h3-12,25-26H,1-2H3,(H,24,27). The first-order valence-electron chi connectivity index (χ1n) is 9.32. The Balaban J connectivity index is 1.77. The van der Waals surface area contributed by atoms with Gasteiger partial charge in [-0.25, -0.2) is 16.8 Å². The van der Waals surface area contributed by atoms with Crippen LogP contribution in [0.25, 0.3) is 0 Å². The molecule has 0 saturated heterocycles. The third-order valence-corrected chi connectivity index (χ3v) is 6.93. The number of nitrogens with one attached hydrogen (secondary N) is 3. The molecule has 0 aliphatic heterocycles. The lowest BCUT2D eigenvalue weighted by Gasteiger charge is -2.12. The normalized spacial score (nSPS) is 11.6. The lowest BCUT2D eigenvalue weighted by molar-refractivity contribution is 0.102. The first kappa shape index (κ1) is 24.8. The molecule has 3 rings (SSSR count). The zero-order chi connectivity index (χ0) is 24.4. The van der Waals surface area contributed by atoms with Gasteiger partial charge in [-0.2, -0.15) is 0 Å². The molecular formula is C21H19Cl2N3O5S2. The molecule has 1 amide bonds. The number of amides is 1. The van der Waals surface area contributed by atoms with Crippen molar-refractivity contribution in [3.05, 3.63) is 81.8 Å². The molecule has 0 heterocycles. The van der Waals surface area contributed by atoms with E-state index in [4.69, 9.17) is 23.2 Å². The van der Waals surface area contributed by atoms with Gasteiger partial charge >= 0.3 is 0 Å². The molecule has 8 nitrogen and oxygen atoms in total. The molecule has 0 bridgehead atoms. The Labute approximate surface area is 202 Å². The highest BCUT2D eigenvalue weighted by atomic mass is 35.5. The Morgan fingerprint density at radius 1 is 0.818 bits per heavy atom. The molecule has 0 fully saturated rings. The molecule has 12 heteroatoms. The maximum Gasteiger partial charge on any atom is 0.261 e. The quantitative estimate of drug-likeness (QED) is 0.410. The summed E-state index contributed by atoms with van der Waals surface area (Å²) in [5.41, 5.74) is 1.60. The Bertz CT molecular complexity index is 1420.